The van der Waals surface area contributed by atoms with E-state index in [1.165, 1.54) is 39.5 Å². The molecule has 0 heterocycles. The number of carbonyl (C=O) groups excluding carboxylic acids is 2. The summed E-state index contributed by atoms with van der Waals surface area (Å²) >= 11 is 0. The van der Waals surface area contributed by atoms with Crippen molar-refractivity contribution >= 4 is 11.9 Å². The highest BCUT2D eigenvalue weighted by Gasteiger charge is 2.07. The highest BCUT2D eigenvalue weighted by Crippen LogP contribution is 2.14. The van der Waals surface area contributed by atoms with Gasteiger partial charge in [0.05, 0.1) is 0 Å². The fraction of sp³-hybridized carbons (Fsp3) is 0.700. The molecule has 0 aliphatic heterocycles. The number of esters is 2. The largest absolute Gasteiger partial charge is 0.458 e. The van der Waals surface area contributed by atoms with E-state index in [0.29, 0.717) is 0 Å². The standard InChI is InChI=1S/C20H34O4/c1-5-19(23-17(3)21)15-13-11-9-7-8-10-12-14-16-20(6-2)24-18(4)22/h5-6,19-20H,1-2,7-16H2,3-4H3. The van der Waals surface area contributed by atoms with Crippen LogP contribution in [0.3, 0.4) is 0 Å². The summed E-state index contributed by atoms with van der Waals surface area (Å²) in [7, 11) is 0. The van der Waals surface area contributed by atoms with Gasteiger partial charge in [-0.2, -0.15) is 0 Å². The van der Waals surface area contributed by atoms with Crippen LogP contribution in [0.2, 0.25) is 0 Å². The highest BCUT2D eigenvalue weighted by molar-refractivity contribution is 5.66. The zero-order valence-electron chi connectivity index (χ0n) is 15.4. The fourth-order valence-corrected chi connectivity index (χ4v) is 2.63. The molecule has 138 valence electrons. The Labute approximate surface area is 147 Å². The average Bonchev–Trinajstić information content (AvgIpc) is 2.53. The van der Waals surface area contributed by atoms with Gasteiger partial charge in [0, 0.05) is 13.8 Å². The second-order valence-electron chi connectivity index (χ2n) is 6.17. The van der Waals surface area contributed by atoms with Crippen LogP contribution in [-0.4, -0.2) is 24.1 Å². The lowest BCUT2D eigenvalue weighted by atomic mass is 10.0. The van der Waals surface area contributed by atoms with E-state index in [2.05, 4.69) is 13.2 Å². The third-order valence-electron chi connectivity index (χ3n) is 3.89. The summed E-state index contributed by atoms with van der Waals surface area (Å²) in [6.07, 6.45) is 14.2. The highest BCUT2D eigenvalue weighted by atomic mass is 16.5. The molecule has 0 amide bonds. The molecule has 0 bridgehead atoms. The molecule has 0 radical (unpaired) electrons. The lowest BCUT2D eigenvalue weighted by molar-refractivity contribution is -0.145. The maximum Gasteiger partial charge on any atom is 0.303 e. The monoisotopic (exact) mass is 338 g/mol. The van der Waals surface area contributed by atoms with E-state index in [9.17, 15) is 9.59 Å². The van der Waals surface area contributed by atoms with Crippen molar-refractivity contribution in [3.05, 3.63) is 25.3 Å². The SMILES string of the molecule is C=CC(CCCCCCCCCCC(C=C)OC(C)=O)OC(C)=O. The Morgan fingerprint density at radius 3 is 1.25 bits per heavy atom. The molecular formula is C20H34O4. The van der Waals surface area contributed by atoms with Crippen LogP contribution >= 0.6 is 0 Å². The van der Waals surface area contributed by atoms with Gasteiger partial charge in [-0.3, -0.25) is 9.59 Å². The van der Waals surface area contributed by atoms with Gasteiger partial charge in [-0.1, -0.05) is 63.8 Å². The molecule has 0 fully saturated rings. The zero-order valence-corrected chi connectivity index (χ0v) is 15.4. The topological polar surface area (TPSA) is 52.6 Å². The van der Waals surface area contributed by atoms with Crippen molar-refractivity contribution in [2.24, 2.45) is 0 Å². The molecule has 4 nitrogen and oxygen atoms in total. The van der Waals surface area contributed by atoms with Crippen molar-refractivity contribution in [2.75, 3.05) is 0 Å². The van der Waals surface area contributed by atoms with E-state index in [1.54, 1.807) is 12.2 Å². The Bertz CT molecular complexity index is 340. The molecule has 0 aliphatic rings. The molecule has 0 aliphatic carbocycles. The van der Waals surface area contributed by atoms with Gasteiger partial charge >= 0.3 is 11.9 Å². The quantitative estimate of drug-likeness (QED) is 0.236. The van der Waals surface area contributed by atoms with E-state index in [-0.39, 0.29) is 24.1 Å². The number of hydrogen-bond acceptors (Lipinski definition) is 4. The third-order valence-corrected chi connectivity index (χ3v) is 3.89. The van der Waals surface area contributed by atoms with Crippen LogP contribution in [0.15, 0.2) is 25.3 Å². The Morgan fingerprint density at radius 2 is 1.00 bits per heavy atom. The van der Waals surface area contributed by atoms with E-state index in [1.807, 2.05) is 0 Å². The number of carbonyl (C=O) groups is 2. The van der Waals surface area contributed by atoms with Crippen LogP contribution in [0.4, 0.5) is 0 Å². The van der Waals surface area contributed by atoms with Crippen molar-refractivity contribution in [1.82, 2.24) is 0 Å². The summed E-state index contributed by atoms with van der Waals surface area (Å²) in [4.78, 5) is 21.8. The van der Waals surface area contributed by atoms with Gasteiger partial charge in [-0.25, -0.2) is 0 Å². The third kappa shape index (κ3) is 14.0. The first kappa shape index (κ1) is 22.4. The molecule has 0 spiro atoms. The van der Waals surface area contributed by atoms with Crippen LogP contribution in [0, 0.1) is 0 Å². The normalized spacial score (nSPS) is 12.9. The maximum atomic E-state index is 10.9. The van der Waals surface area contributed by atoms with Gasteiger partial charge in [0.25, 0.3) is 0 Å². The summed E-state index contributed by atoms with van der Waals surface area (Å²) in [6.45, 7) is 10.2. The van der Waals surface area contributed by atoms with Gasteiger partial charge in [-0.05, 0) is 25.7 Å². The van der Waals surface area contributed by atoms with Gasteiger partial charge in [0.2, 0.25) is 0 Å². The van der Waals surface area contributed by atoms with Gasteiger partial charge in [0.15, 0.2) is 0 Å². The number of rotatable bonds is 15. The zero-order chi connectivity index (χ0) is 18.2. The average molecular weight is 338 g/mol. The Morgan fingerprint density at radius 1 is 0.708 bits per heavy atom. The lowest BCUT2D eigenvalue weighted by Gasteiger charge is -2.12. The van der Waals surface area contributed by atoms with Crippen molar-refractivity contribution in [3.63, 3.8) is 0 Å². The van der Waals surface area contributed by atoms with Crippen molar-refractivity contribution in [2.45, 2.75) is 90.3 Å². The van der Waals surface area contributed by atoms with Crippen molar-refractivity contribution in [3.8, 4) is 0 Å². The first-order valence-corrected chi connectivity index (χ1v) is 9.09. The number of ether oxygens (including phenoxy) is 2. The van der Waals surface area contributed by atoms with E-state index in [0.717, 1.165) is 38.5 Å². The fourth-order valence-electron chi connectivity index (χ4n) is 2.63. The number of unbranched alkanes of at least 4 members (excludes halogenated alkanes) is 7. The van der Waals surface area contributed by atoms with Crippen LogP contribution in [0.1, 0.15) is 78.1 Å². The van der Waals surface area contributed by atoms with Gasteiger partial charge in [-0.15, -0.1) is 0 Å². The smallest absolute Gasteiger partial charge is 0.303 e. The Balaban J connectivity index is 3.44. The second kappa shape index (κ2) is 15.0. The summed E-state index contributed by atoms with van der Waals surface area (Å²) in [5, 5.41) is 0. The Hall–Kier alpha value is -1.58. The summed E-state index contributed by atoms with van der Waals surface area (Å²) in [5.41, 5.74) is 0. The van der Waals surface area contributed by atoms with Gasteiger partial charge < -0.3 is 9.47 Å². The minimum Gasteiger partial charge on any atom is -0.458 e. The first-order valence-electron chi connectivity index (χ1n) is 9.09. The molecule has 24 heavy (non-hydrogen) atoms. The summed E-state index contributed by atoms with van der Waals surface area (Å²) in [6, 6.07) is 0. The molecule has 2 atom stereocenters. The molecule has 0 N–H and O–H groups in total. The van der Waals surface area contributed by atoms with E-state index in [4.69, 9.17) is 9.47 Å². The molecule has 0 saturated heterocycles. The van der Waals surface area contributed by atoms with Crippen molar-refractivity contribution in [1.29, 1.82) is 0 Å². The predicted molar refractivity (Wildman–Crippen MR) is 97.7 cm³/mol. The Kier molecular flexibility index (Phi) is 14.0. The van der Waals surface area contributed by atoms with E-state index < -0.39 is 0 Å². The molecular weight excluding hydrogens is 304 g/mol. The van der Waals surface area contributed by atoms with Crippen LogP contribution in [0.5, 0.6) is 0 Å². The molecule has 4 heteroatoms. The minimum atomic E-state index is -0.243. The molecule has 0 aromatic carbocycles. The lowest BCUT2D eigenvalue weighted by Crippen LogP contribution is -2.13. The maximum absolute atomic E-state index is 10.9. The predicted octanol–water partition coefficient (Wildman–Crippen LogP) is 5.12. The molecule has 0 saturated carbocycles. The molecule has 0 aromatic rings. The second-order valence-corrected chi connectivity index (χ2v) is 6.17. The summed E-state index contributed by atoms with van der Waals surface area (Å²) < 4.78 is 10.3. The molecule has 0 aromatic heterocycles. The number of hydrogen-bond donors (Lipinski definition) is 0. The molecule has 0 rings (SSSR count). The van der Waals surface area contributed by atoms with Crippen LogP contribution in [-0.2, 0) is 19.1 Å². The van der Waals surface area contributed by atoms with Gasteiger partial charge in [0.1, 0.15) is 12.2 Å². The van der Waals surface area contributed by atoms with Crippen LogP contribution < -0.4 is 0 Å². The van der Waals surface area contributed by atoms with E-state index >= 15 is 0 Å². The van der Waals surface area contributed by atoms with Crippen molar-refractivity contribution < 1.29 is 19.1 Å². The van der Waals surface area contributed by atoms with Crippen LogP contribution in [0.25, 0.3) is 0 Å². The minimum absolute atomic E-state index is 0.141. The molecule has 2 unspecified atom stereocenters. The first-order chi connectivity index (χ1) is 11.5. The summed E-state index contributed by atoms with van der Waals surface area (Å²) in [5.74, 6) is -0.486.